The molecule has 0 bridgehead atoms. The zero-order chi connectivity index (χ0) is 7.56. The van der Waals surface area contributed by atoms with Crippen molar-refractivity contribution in [3.63, 3.8) is 0 Å². The lowest BCUT2D eigenvalue weighted by molar-refractivity contribution is -0.160. The third kappa shape index (κ3) is 1.68. The molecule has 0 aromatic carbocycles. The van der Waals surface area contributed by atoms with Gasteiger partial charge in [-0.05, 0) is 13.3 Å². The van der Waals surface area contributed by atoms with Gasteiger partial charge in [0.15, 0.2) is 0 Å². The minimum Gasteiger partial charge on any atom is -0.478 e. The highest BCUT2D eigenvalue weighted by atomic mass is 16.5. The highest BCUT2D eigenvalue weighted by molar-refractivity contribution is 5.71. The fraction of sp³-hybridized carbons (Fsp3) is 0.833. The Morgan fingerprint density at radius 1 is 1.80 bits per heavy atom. The maximum absolute atomic E-state index is 10.3. The minimum atomic E-state index is -0.938. The summed E-state index contributed by atoms with van der Waals surface area (Å²) in [6, 6.07) is 0. The summed E-state index contributed by atoms with van der Waals surface area (Å²) in [5.74, 6) is -0.938. The minimum absolute atomic E-state index is 0.0577. The molecule has 2 atom stereocenters. The number of aliphatic carboxylic acids is 1. The Hall–Kier alpha value is -0.610. The topological polar surface area (TPSA) is 58.6 Å². The molecule has 1 aliphatic rings. The molecule has 2 N–H and O–H groups in total. The van der Waals surface area contributed by atoms with Crippen LogP contribution in [0.25, 0.3) is 0 Å². The second-order valence-corrected chi connectivity index (χ2v) is 2.41. The number of hydrogen-bond donors (Lipinski definition) is 2. The number of hydrogen-bond acceptors (Lipinski definition) is 3. The molecule has 58 valence electrons. The van der Waals surface area contributed by atoms with Gasteiger partial charge in [-0.1, -0.05) is 0 Å². The molecule has 0 radical (unpaired) electrons. The Morgan fingerprint density at radius 2 is 2.50 bits per heavy atom. The van der Waals surface area contributed by atoms with Crippen LogP contribution < -0.4 is 5.32 Å². The standard InChI is InChI=1S/C6H11NO3/c1-4-2-3-7-5(10-4)6(8)9/h4-5,7H,2-3H2,1H3,(H,8,9)/t4-,5+/m0/s1. The molecule has 0 unspecified atom stereocenters. The summed E-state index contributed by atoms with van der Waals surface area (Å²) < 4.78 is 5.04. The largest absolute Gasteiger partial charge is 0.478 e. The third-order valence-electron chi connectivity index (χ3n) is 1.47. The van der Waals surface area contributed by atoms with Crippen molar-refractivity contribution >= 4 is 5.97 Å². The van der Waals surface area contributed by atoms with Gasteiger partial charge in [-0.3, -0.25) is 5.32 Å². The maximum Gasteiger partial charge on any atom is 0.348 e. The second kappa shape index (κ2) is 2.98. The van der Waals surface area contributed by atoms with Crippen LogP contribution in [0.3, 0.4) is 0 Å². The molecule has 4 nitrogen and oxygen atoms in total. The molecule has 4 heteroatoms. The van der Waals surface area contributed by atoms with Crippen LogP contribution in [0.4, 0.5) is 0 Å². The van der Waals surface area contributed by atoms with Gasteiger partial charge in [0.1, 0.15) is 0 Å². The summed E-state index contributed by atoms with van der Waals surface area (Å²) in [4.78, 5) is 10.3. The average molecular weight is 145 g/mol. The fourth-order valence-electron chi connectivity index (χ4n) is 0.912. The van der Waals surface area contributed by atoms with Gasteiger partial charge in [0.2, 0.25) is 6.23 Å². The van der Waals surface area contributed by atoms with E-state index in [4.69, 9.17) is 9.84 Å². The van der Waals surface area contributed by atoms with E-state index >= 15 is 0 Å². The number of ether oxygens (including phenoxy) is 1. The van der Waals surface area contributed by atoms with Crippen LogP contribution in [0.1, 0.15) is 13.3 Å². The monoisotopic (exact) mass is 145 g/mol. The molecule has 1 rings (SSSR count). The van der Waals surface area contributed by atoms with Gasteiger partial charge in [-0.25, -0.2) is 4.79 Å². The van der Waals surface area contributed by atoms with Gasteiger partial charge in [0.25, 0.3) is 0 Å². The number of carboxylic acids is 1. The summed E-state index contributed by atoms with van der Waals surface area (Å²) >= 11 is 0. The summed E-state index contributed by atoms with van der Waals surface area (Å²) in [6.07, 6.45) is 0.134. The Labute approximate surface area is 59.2 Å². The molecule has 0 aliphatic carbocycles. The van der Waals surface area contributed by atoms with E-state index in [0.717, 1.165) is 13.0 Å². The Balaban J connectivity index is 2.39. The zero-order valence-electron chi connectivity index (χ0n) is 5.83. The molecule has 0 spiro atoms. The van der Waals surface area contributed by atoms with Gasteiger partial charge in [0.05, 0.1) is 6.10 Å². The van der Waals surface area contributed by atoms with Gasteiger partial charge in [0, 0.05) is 6.54 Å². The Kier molecular flexibility index (Phi) is 2.24. The summed E-state index contributed by atoms with van der Waals surface area (Å²) in [7, 11) is 0. The lowest BCUT2D eigenvalue weighted by atomic mass is 10.2. The van der Waals surface area contributed by atoms with E-state index in [0.29, 0.717) is 0 Å². The van der Waals surface area contributed by atoms with Crippen LogP contribution in [0.2, 0.25) is 0 Å². The van der Waals surface area contributed by atoms with Crippen LogP contribution in [0, 0.1) is 0 Å². The van der Waals surface area contributed by atoms with E-state index in [1.54, 1.807) is 0 Å². The van der Waals surface area contributed by atoms with Crippen molar-refractivity contribution in [1.29, 1.82) is 0 Å². The predicted molar refractivity (Wildman–Crippen MR) is 34.6 cm³/mol. The van der Waals surface area contributed by atoms with Crippen LogP contribution in [-0.4, -0.2) is 30.0 Å². The molecule has 0 amide bonds. The fourth-order valence-corrected chi connectivity index (χ4v) is 0.912. The van der Waals surface area contributed by atoms with Crippen molar-refractivity contribution in [2.75, 3.05) is 6.54 Å². The van der Waals surface area contributed by atoms with E-state index in [9.17, 15) is 4.79 Å². The molecule has 1 fully saturated rings. The van der Waals surface area contributed by atoms with Crippen molar-refractivity contribution in [2.24, 2.45) is 0 Å². The summed E-state index contributed by atoms with van der Waals surface area (Å²) in [5, 5.41) is 11.2. The predicted octanol–water partition coefficient (Wildman–Crippen LogP) is -0.205. The van der Waals surface area contributed by atoms with Crippen LogP contribution in [0.15, 0.2) is 0 Å². The number of carboxylic acid groups (broad SMARTS) is 1. The average Bonchev–Trinajstić information content (AvgIpc) is 1.88. The first kappa shape index (κ1) is 7.50. The number of rotatable bonds is 1. The first-order valence-electron chi connectivity index (χ1n) is 3.32. The van der Waals surface area contributed by atoms with Gasteiger partial charge < -0.3 is 9.84 Å². The second-order valence-electron chi connectivity index (χ2n) is 2.41. The number of carbonyl (C=O) groups is 1. The molecule has 0 saturated carbocycles. The van der Waals surface area contributed by atoms with Gasteiger partial charge in [-0.15, -0.1) is 0 Å². The maximum atomic E-state index is 10.3. The van der Waals surface area contributed by atoms with E-state index < -0.39 is 12.2 Å². The quantitative estimate of drug-likeness (QED) is 0.536. The van der Waals surface area contributed by atoms with Crippen molar-refractivity contribution in [3.8, 4) is 0 Å². The zero-order valence-corrected chi connectivity index (χ0v) is 5.83. The van der Waals surface area contributed by atoms with Gasteiger partial charge in [-0.2, -0.15) is 0 Å². The van der Waals surface area contributed by atoms with E-state index in [1.807, 2.05) is 6.92 Å². The summed E-state index contributed by atoms with van der Waals surface area (Å²) in [6.45, 7) is 2.59. The SMILES string of the molecule is C[C@H]1CCN[C@@H](C(=O)O)O1. The van der Waals surface area contributed by atoms with Crippen molar-refractivity contribution < 1.29 is 14.6 Å². The smallest absolute Gasteiger partial charge is 0.348 e. The lowest BCUT2D eigenvalue weighted by Crippen LogP contribution is -2.46. The molecule has 0 aromatic heterocycles. The lowest BCUT2D eigenvalue weighted by Gasteiger charge is -2.25. The molecule has 0 aromatic rings. The number of nitrogens with one attached hydrogen (secondary N) is 1. The molecule has 1 aliphatic heterocycles. The summed E-state index contributed by atoms with van der Waals surface area (Å²) in [5.41, 5.74) is 0. The highest BCUT2D eigenvalue weighted by Crippen LogP contribution is 2.05. The molecular formula is C6H11NO3. The molecule has 10 heavy (non-hydrogen) atoms. The highest BCUT2D eigenvalue weighted by Gasteiger charge is 2.23. The van der Waals surface area contributed by atoms with Gasteiger partial charge >= 0.3 is 5.97 Å². The molecule has 1 saturated heterocycles. The first-order chi connectivity index (χ1) is 4.70. The van der Waals surface area contributed by atoms with Crippen LogP contribution >= 0.6 is 0 Å². The van der Waals surface area contributed by atoms with Crippen molar-refractivity contribution in [3.05, 3.63) is 0 Å². The molecular weight excluding hydrogens is 134 g/mol. The Bertz CT molecular complexity index is 137. The van der Waals surface area contributed by atoms with Crippen molar-refractivity contribution in [2.45, 2.75) is 25.7 Å². The van der Waals surface area contributed by atoms with Crippen LogP contribution in [0.5, 0.6) is 0 Å². The van der Waals surface area contributed by atoms with E-state index in [-0.39, 0.29) is 6.10 Å². The van der Waals surface area contributed by atoms with Crippen molar-refractivity contribution in [1.82, 2.24) is 5.32 Å². The normalized spacial score (nSPS) is 33.7. The Morgan fingerprint density at radius 3 is 2.90 bits per heavy atom. The van der Waals surface area contributed by atoms with Crippen LogP contribution in [-0.2, 0) is 9.53 Å². The molecule has 1 heterocycles. The third-order valence-corrected chi connectivity index (χ3v) is 1.47. The van der Waals surface area contributed by atoms with E-state index in [1.165, 1.54) is 0 Å². The van der Waals surface area contributed by atoms with E-state index in [2.05, 4.69) is 5.32 Å². The first-order valence-corrected chi connectivity index (χ1v) is 3.32.